The summed E-state index contributed by atoms with van der Waals surface area (Å²) in [5, 5.41) is 10.3. The summed E-state index contributed by atoms with van der Waals surface area (Å²) in [7, 11) is 0. The van der Waals surface area contributed by atoms with Crippen LogP contribution in [0.3, 0.4) is 0 Å². The average molecular weight is 470 g/mol. The topological polar surface area (TPSA) is 105 Å². The van der Waals surface area contributed by atoms with Gasteiger partial charge in [0.05, 0.1) is 12.7 Å². The summed E-state index contributed by atoms with van der Waals surface area (Å²) < 4.78 is 0. The predicted molar refractivity (Wildman–Crippen MR) is 138 cm³/mol. The van der Waals surface area contributed by atoms with Gasteiger partial charge in [-0.2, -0.15) is 0 Å². The Balaban J connectivity index is 1.64. The van der Waals surface area contributed by atoms with E-state index in [4.69, 9.17) is 0 Å². The summed E-state index contributed by atoms with van der Waals surface area (Å²) >= 11 is 0. The van der Waals surface area contributed by atoms with Crippen LogP contribution in [0.5, 0.6) is 0 Å². The van der Waals surface area contributed by atoms with Crippen molar-refractivity contribution in [2.45, 2.75) is 110 Å². The van der Waals surface area contributed by atoms with Crippen molar-refractivity contribution < 1.29 is 4.79 Å². The Bertz CT molecular complexity index is 964. The Morgan fingerprint density at radius 1 is 1.09 bits per heavy atom. The first-order valence-electron chi connectivity index (χ1n) is 12.8. The van der Waals surface area contributed by atoms with Gasteiger partial charge in [-0.25, -0.2) is 19.9 Å². The maximum absolute atomic E-state index is 12.9. The fourth-order valence-electron chi connectivity index (χ4n) is 4.75. The average Bonchev–Trinajstić information content (AvgIpc) is 2.75. The number of hydrogen-bond donors (Lipinski definition) is 3. The molecule has 8 nitrogen and oxygen atoms in total. The predicted octanol–water partition coefficient (Wildman–Crippen LogP) is 4.36. The third-order valence-corrected chi connectivity index (χ3v) is 6.36. The fraction of sp³-hybridized carbons (Fsp3) is 0.731. The van der Waals surface area contributed by atoms with Crippen molar-refractivity contribution in [3.8, 4) is 0 Å². The van der Waals surface area contributed by atoms with E-state index in [9.17, 15) is 4.79 Å². The third-order valence-electron chi connectivity index (χ3n) is 6.36. The molecule has 1 saturated carbocycles. The largest absolute Gasteiger partial charge is 0.359 e. The Morgan fingerprint density at radius 2 is 1.85 bits per heavy atom. The molecule has 0 aromatic carbocycles. The molecule has 188 valence electrons. The van der Waals surface area contributed by atoms with Crippen LogP contribution in [-0.4, -0.2) is 50.0 Å². The molecule has 0 radical (unpaired) electrons. The molecule has 1 amide bonds. The molecular weight excluding hydrogens is 426 g/mol. The molecule has 0 bridgehead atoms. The molecule has 2 aromatic heterocycles. The minimum absolute atomic E-state index is 0.00871. The fourth-order valence-corrected chi connectivity index (χ4v) is 4.75. The van der Waals surface area contributed by atoms with Crippen LogP contribution in [0.25, 0.3) is 11.0 Å². The van der Waals surface area contributed by atoms with Gasteiger partial charge in [0.2, 0.25) is 5.91 Å². The zero-order chi connectivity index (χ0) is 24.9. The van der Waals surface area contributed by atoms with E-state index in [1.54, 1.807) is 6.20 Å². The number of nitrogens with zero attached hydrogens (tertiary/aromatic N) is 4. The minimum atomic E-state index is -0.188. The van der Waals surface area contributed by atoms with Crippen molar-refractivity contribution in [2.24, 2.45) is 5.92 Å². The van der Waals surface area contributed by atoms with Gasteiger partial charge in [-0.1, -0.05) is 40.5 Å². The number of nitrogens with one attached hydrogen (secondary N) is 3. The Morgan fingerprint density at radius 3 is 2.53 bits per heavy atom. The summed E-state index contributed by atoms with van der Waals surface area (Å²) in [6.45, 7) is 15.3. The van der Waals surface area contributed by atoms with Gasteiger partial charge in [0.25, 0.3) is 0 Å². The highest BCUT2D eigenvalue weighted by molar-refractivity contribution is 5.87. The van der Waals surface area contributed by atoms with Crippen LogP contribution in [-0.2, 0) is 10.2 Å². The van der Waals surface area contributed by atoms with E-state index >= 15 is 0 Å². The molecule has 1 aliphatic rings. The highest BCUT2D eigenvalue weighted by Gasteiger charge is 2.32. The summed E-state index contributed by atoms with van der Waals surface area (Å²) in [6.07, 6.45) is 9.92. The second-order valence-electron chi connectivity index (χ2n) is 11.7. The first-order chi connectivity index (χ1) is 16.0. The lowest BCUT2D eigenvalue weighted by atomic mass is 9.78. The van der Waals surface area contributed by atoms with Gasteiger partial charge in [0.15, 0.2) is 5.82 Å². The number of fused-ring (bicyclic) bond motifs is 1. The third kappa shape index (κ3) is 7.32. The lowest BCUT2D eigenvalue weighted by Gasteiger charge is -2.40. The summed E-state index contributed by atoms with van der Waals surface area (Å²) in [5.41, 5.74) is 1.23. The Hall–Kier alpha value is -2.35. The molecule has 0 saturated heterocycles. The number of rotatable bonds is 8. The molecule has 1 fully saturated rings. The standard InChI is InChI=1S/C26H43N7O/c1-8-9-10-17-13-18(33-26(5,6)7)11-12-19(17)31-21(34)15-27-23-22-20(29-16-30-23)14-28-24(32-22)25(2,3)4/h14,16-19,33H,8-13,15H2,1-7H3,(H,31,34)(H,27,29,30)/t17-,18+,19-/m0/s1. The smallest absolute Gasteiger partial charge is 0.239 e. The van der Waals surface area contributed by atoms with Crippen LogP contribution >= 0.6 is 0 Å². The first kappa shape index (κ1) is 26.3. The lowest BCUT2D eigenvalue weighted by molar-refractivity contribution is -0.120. The van der Waals surface area contributed by atoms with Crippen LogP contribution in [0, 0.1) is 5.92 Å². The highest BCUT2D eigenvalue weighted by Crippen LogP contribution is 2.30. The lowest BCUT2D eigenvalue weighted by Crippen LogP contribution is -2.52. The Labute approximate surface area is 204 Å². The summed E-state index contributed by atoms with van der Waals surface area (Å²) in [6, 6.07) is 0.730. The number of unbranched alkanes of at least 4 members (excludes halogenated alkanes) is 1. The van der Waals surface area contributed by atoms with Gasteiger partial charge < -0.3 is 16.0 Å². The van der Waals surface area contributed by atoms with Crippen molar-refractivity contribution >= 4 is 22.8 Å². The van der Waals surface area contributed by atoms with Gasteiger partial charge in [-0.15, -0.1) is 0 Å². The number of carbonyl (C=O) groups is 1. The molecular formula is C26H43N7O. The molecule has 3 N–H and O–H groups in total. The molecule has 2 aromatic rings. The number of hydrogen-bond acceptors (Lipinski definition) is 7. The van der Waals surface area contributed by atoms with E-state index < -0.39 is 0 Å². The van der Waals surface area contributed by atoms with Gasteiger partial charge in [-0.3, -0.25) is 4.79 Å². The second-order valence-corrected chi connectivity index (χ2v) is 11.7. The molecule has 8 heteroatoms. The van der Waals surface area contributed by atoms with Gasteiger partial charge in [0, 0.05) is 23.0 Å². The van der Waals surface area contributed by atoms with Crippen LogP contribution < -0.4 is 16.0 Å². The van der Waals surface area contributed by atoms with Crippen molar-refractivity contribution in [1.29, 1.82) is 0 Å². The molecule has 34 heavy (non-hydrogen) atoms. The van der Waals surface area contributed by atoms with E-state index in [1.165, 1.54) is 19.2 Å². The van der Waals surface area contributed by atoms with Crippen LogP contribution in [0.1, 0.15) is 92.8 Å². The highest BCUT2D eigenvalue weighted by atomic mass is 16.2. The molecule has 0 spiro atoms. The van der Waals surface area contributed by atoms with Gasteiger partial charge in [-0.05, 0) is 52.4 Å². The van der Waals surface area contributed by atoms with Crippen LogP contribution in [0.4, 0.5) is 5.82 Å². The number of aromatic nitrogens is 4. The second kappa shape index (κ2) is 10.9. The molecule has 3 atom stereocenters. The van der Waals surface area contributed by atoms with Crippen molar-refractivity contribution in [1.82, 2.24) is 30.6 Å². The SMILES string of the molecule is CCCC[C@H]1C[C@H](NC(C)(C)C)CC[C@@H]1NC(=O)CNc1ncnc2cnc(C(C)(C)C)nc12. The van der Waals surface area contributed by atoms with E-state index in [0.29, 0.717) is 28.8 Å². The summed E-state index contributed by atoms with van der Waals surface area (Å²) in [5.74, 6) is 1.78. The molecule has 2 heterocycles. The number of amides is 1. The minimum Gasteiger partial charge on any atom is -0.359 e. The summed E-state index contributed by atoms with van der Waals surface area (Å²) in [4.78, 5) is 30.7. The maximum Gasteiger partial charge on any atom is 0.239 e. The van der Waals surface area contributed by atoms with E-state index in [-0.39, 0.29) is 29.4 Å². The zero-order valence-electron chi connectivity index (χ0n) is 22.0. The van der Waals surface area contributed by atoms with Crippen molar-refractivity contribution in [3.63, 3.8) is 0 Å². The van der Waals surface area contributed by atoms with Crippen LogP contribution in [0.2, 0.25) is 0 Å². The first-order valence-corrected chi connectivity index (χ1v) is 12.8. The van der Waals surface area contributed by atoms with E-state index in [0.717, 1.165) is 31.5 Å². The molecule has 3 rings (SSSR count). The van der Waals surface area contributed by atoms with Crippen LogP contribution in [0.15, 0.2) is 12.5 Å². The molecule has 0 aliphatic heterocycles. The quantitative estimate of drug-likeness (QED) is 0.527. The van der Waals surface area contributed by atoms with E-state index in [1.807, 2.05) is 0 Å². The van der Waals surface area contributed by atoms with Crippen molar-refractivity contribution in [3.05, 3.63) is 18.3 Å². The maximum atomic E-state index is 12.9. The zero-order valence-corrected chi connectivity index (χ0v) is 22.0. The molecule has 1 aliphatic carbocycles. The Kier molecular flexibility index (Phi) is 8.44. The normalized spacial score (nSPS) is 21.4. The van der Waals surface area contributed by atoms with Gasteiger partial charge >= 0.3 is 0 Å². The van der Waals surface area contributed by atoms with Gasteiger partial charge in [0.1, 0.15) is 23.2 Å². The molecule has 0 unspecified atom stereocenters. The monoisotopic (exact) mass is 469 g/mol. The van der Waals surface area contributed by atoms with Crippen molar-refractivity contribution in [2.75, 3.05) is 11.9 Å². The number of carbonyl (C=O) groups excluding carboxylic acids is 1. The van der Waals surface area contributed by atoms with E-state index in [2.05, 4.69) is 84.4 Å². The number of anilines is 1.